The maximum atomic E-state index is 13.2. The molecule has 2 N–H and O–H groups in total. The minimum atomic E-state index is -3.86. The molecule has 1 atom stereocenters. The average Bonchev–Trinajstić information content (AvgIpc) is 3.16. The van der Waals surface area contributed by atoms with Crippen molar-refractivity contribution in [2.24, 2.45) is 12.8 Å². The van der Waals surface area contributed by atoms with Gasteiger partial charge in [0.25, 0.3) is 5.91 Å². The third-order valence-electron chi connectivity index (χ3n) is 4.53. The number of nitrogens with zero attached hydrogens (tertiary/aromatic N) is 2. The zero-order chi connectivity index (χ0) is 18.2. The van der Waals surface area contributed by atoms with Crippen molar-refractivity contribution >= 4 is 15.9 Å². The minimum Gasteiger partial charge on any atom is -0.364 e. The molecule has 6 nitrogen and oxygen atoms in total. The summed E-state index contributed by atoms with van der Waals surface area (Å²) in [5.74, 6) is 1.76. The van der Waals surface area contributed by atoms with Crippen LogP contribution in [0.1, 0.15) is 34.1 Å². The van der Waals surface area contributed by atoms with Crippen LogP contribution in [0.4, 0.5) is 0 Å². The van der Waals surface area contributed by atoms with Crippen LogP contribution < -0.4 is 5.73 Å². The summed E-state index contributed by atoms with van der Waals surface area (Å²) < 4.78 is 29.1. The van der Waals surface area contributed by atoms with E-state index in [1.165, 1.54) is 21.1 Å². The highest BCUT2D eigenvalue weighted by Gasteiger charge is 2.36. The summed E-state index contributed by atoms with van der Waals surface area (Å²) in [6.07, 6.45) is 8.31. The van der Waals surface area contributed by atoms with Gasteiger partial charge in [-0.1, -0.05) is 30.2 Å². The van der Waals surface area contributed by atoms with E-state index in [0.717, 1.165) is 17.5 Å². The first kappa shape index (κ1) is 17.3. The lowest BCUT2D eigenvalue weighted by molar-refractivity contribution is 0.0992. The van der Waals surface area contributed by atoms with Crippen LogP contribution >= 0.6 is 0 Å². The standard InChI is InChI=1S/C18H19N3O3S/c1-3-10-21(16-9-8-13-6-4-5-7-15(13)16)25(23,24)14-11-17(18(19)22)20(2)12-14/h1,4-7,11-12,16H,8-10H2,2H3,(H2,19,22). The van der Waals surface area contributed by atoms with Gasteiger partial charge in [0.15, 0.2) is 0 Å². The molecular formula is C18H19N3O3S. The lowest BCUT2D eigenvalue weighted by Gasteiger charge is -2.26. The fraction of sp³-hybridized carbons (Fsp3) is 0.278. The number of rotatable bonds is 5. The normalized spacial score (nSPS) is 16.6. The number of carbonyl (C=O) groups excluding carboxylic acids is 1. The van der Waals surface area contributed by atoms with Gasteiger partial charge < -0.3 is 10.3 Å². The molecular weight excluding hydrogens is 338 g/mol. The fourth-order valence-electron chi connectivity index (χ4n) is 3.34. The van der Waals surface area contributed by atoms with Crippen LogP contribution in [0.2, 0.25) is 0 Å². The van der Waals surface area contributed by atoms with Crippen LogP contribution in [0.3, 0.4) is 0 Å². The van der Waals surface area contributed by atoms with Crippen LogP contribution in [0.5, 0.6) is 0 Å². The molecule has 1 heterocycles. The third-order valence-corrected chi connectivity index (χ3v) is 6.35. The van der Waals surface area contributed by atoms with Crippen molar-refractivity contribution in [3.63, 3.8) is 0 Å². The first-order chi connectivity index (χ1) is 11.9. The van der Waals surface area contributed by atoms with E-state index in [1.807, 2.05) is 24.3 Å². The summed E-state index contributed by atoms with van der Waals surface area (Å²) >= 11 is 0. The summed E-state index contributed by atoms with van der Waals surface area (Å²) in [6, 6.07) is 8.76. The highest BCUT2D eigenvalue weighted by atomic mass is 32.2. The maximum absolute atomic E-state index is 13.2. The molecule has 2 aromatic rings. The molecule has 1 aromatic carbocycles. The number of aromatic nitrogens is 1. The summed E-state index contributed by atoms with van der Waals surface area (Å²) in [5, 5.41) is 0. The van der Waals surface area contributed by atoms with Crippen molar-refractivity contribution in [2.45, 2.75) is 23.8 Å². The second-order valence-electron chi connectivity index (χ2n) is 6.04. The third kappa shape index (κ3) is 2.95. The summed E-state index contributed by atoms with van der Waals surface area (Å²) in [5.41, 5.74) is 7.54. The number of fused-ring (bicyclic) bond motifs is 1. The lowest BCUT2D eigenvalue weighted by Crippen LogP contribution is -2.34. The Bertz CT molecular complexity index is 970. The molecule has 130 valence electrons. The van der Waals surface area contributed by atoms with Crippen LogP contribution in [0.25, 0.3) is 0 Å². The molecule has 3 rings (SSSR count). The molecule has 0 aliphatic heterocycles. The van der Waals surface area contributed by atoms with Gasteiger partial charge in [-0.3, -0.25) is 4.79 Å². The van der Waals surface area contributed by atoms with Gasteiger partial charge in [-0.25, -0.2) is 8.42 Å². The highest BCUT2D eigenvalue weighted by Crippen LogP contribution is 2.38. The Hall–Kier alpha value is -2.56. The van der Waals surface area contributed by atoms with E-state index in [0.29, 0.717) is 6.42 Å². The van der Waals surface area contributed by atoms with Gasteiger partial charge in [-0.2, -0.15) is 4.31 Å². The van der Waals surface area contributed by atoms with Crippen molar-refractivity contribution in [1.29, 1.82) is 0 Å². The Kier molecular flexibility index (Phi) is 4.41. The molecule has 1 aromatic heterocycles. The first-order valence-electron chi connectivity index (χ1n) is 7.85. The zero-order valence-electron chi connectivity index (χ0n) is 13.8. The van der Waals surface area contributed by atoms with Crippen LogP contribution in [-0.2, 0) is 23.5 Å². The molecule has 25 heavy (non-hydrogen) atoms. The molecule has 7 heteroatoms. The molecule has 1 amide bonds. The van der Waals surface area contributed by atoms with Crippen molar-refractivity contribution in [3.05, 3.63) is 53.3 Å². The summed E-state index contributed by atoms with van der Waals surface area (Å²) in [7, 11) is -2.28. The summed E-state index contributed by atoms with van der Waals surface area (Å²) in [4.78, 5) is 11.5. The quantitative estimate of drug-likeness (QED) is 0.822. The molecule has 0 fully saturated rings. The predicted octanol–water partition coefficient (Wildman–Crippen LogP) is 1.44. The number of carbonyl (C=O) groups is 1. The average molecular weight is 357 g/mol. The molecule has 1 aliphatic carbocycles. The Balaban J connectivity index is 2.05. The van der Waals surface area contributed by atoms with Crippen LogP contribution in [0, 0.1) is 12.3 Å². The molecule has 1 unspecified atom stereocenters. The van der Waals surface area contributed by atoms with Gasteiger partial charge in [-0.15, -0.1) is 6.42 Å². The van der Waals surface area contributed by atoms with E-state index < -0.39 is 15.9 Å². The number of aryl methyl sites for hydroxylation is 2. The lowest BCUT2D eigenvalue weighted by atomic mass is 10.1. The molecule has 0 spiro atoms. The Morgan fingerprint density at radius 3 is 2.80 bits per heavy atom. The topological polar surface area (TPSA) is 85.4 Å². The van der Waals surface area contributed by atoms with Gasteiger partial charge in [0.2, 0.25) is 10.0 Å². The molecule has 1 aliphatic rings. The molecule has 0 saturated carbocycles. The van der Waals surface area contributed by atoms with E-state index in [-0.39, 0.29) is 23.2 Å². The highest BCUT2D eigenvalue weighted by molar-refractivity contribution is 7.89. The SMILES string of the molecule is C#CCN(C1CCc2ccccc21)S(=O)(=O)c1cc(C(N)=O)n(C)c1. The Morgan fingerprint density at radius 1 is 1.44 bits per heavy atom. The van der Waals surface area contributed by atoms with E-state index >= 15 is 0 Å². The second kappa shape index (κ2) is 6.39. The number of hydrogen-bond acceptors (Lipinski definition) is 3. The van der Waals surface area contributed by atoms with E-state index in [2.05, 4.69) is 5.92 Å². The Labute approximate surface area is 147 Å². The van der Waals surface area contributed by atoms with Gasteiger partial charge in [0, 0.05) is 13.2 Å². The number of terminal acetylenes is 1. The minimum absolute atomic E-state index is 0.0171. The summed E-state index contributed by atoms with van der Waals surface area (Å²) in [6.45, 7) is -0.0396. The number of hydrogen-bond donors (Lipinski definition) is 1. The monoisotopic (exact) mass is 357 g/mol. The second-order valence-corrected chi connectivity index (χ2v) is 7.93. The van der Waals surface area contributed by atoms with Crippen molar-refractivity contribution in [3.8, 4) is 12.3 Å². The zero-order valence-corrected chi connectivity index (χ0v) is 14.7. The maximum Gasteiger partial charge on any atom is 0.265 e. The van der Waals surface area contributed by atoms with E-state index in [4.69, 9.17) is 12.2 Å². The molecule has 0 bridgehead atoms. The fourth-order valence-corrected chi connectivity index (χ4v) is 4.96. The van der Waals surface area contributed by atoms with Gasteiger partial charge in [-0.05, 0) is 30.0 Å². The van der Waals surface area contributed by atoms with Crippen molar-refractivity contribution in [1.82, 2.24) is 8.87 Å². The van der Waals surface area contributed by atoms with Gasteiger partial charge >= 0.3 is 0 Å². The number of sulfonamides is 1. The molecule has 0 saturated heterocycles. The number of nitrogens with two attached hydrogens (primary N) is 1. The van der Waals surface area contributed by atoms with Gasteiger partial charge in [0.05, 0.1) is 12.6 Å². The predicted molar refractivity (Wildman–Crippen MR) is 94.2 cm³/mol. The van der Waals surface area contributed by atoms with Crippen molar-refractivity contribution < 1.29 is 13.2 Å². The first-order valence-corrected chi connectivity index (χ1v) is 9.29. The number of amides is 1. The van der Waals surface area contributed by atoms with Crippen molar-refractivity contribution in [2.75, 3.05) is 6.54 Å². The number of benzene rings is 1. The number of primary amides is 1. The molecule has 0 radical (unpaired) electrons. The Morgan fingerprint density at radius 2 is 2.16 bits per heavy atom. The van der Waals surface area contributed by atoms with Crippen LogP contribution in [0.15, 0.2) is 41.4 Å². The smallest absolute Gasteiger partial charge is 0.265 e. The van der Waals surface area contributed by atoms with Gasteiger partial charge in [0.1, 0.15) is 10.6 Å². The van der Waals surface area contributed by atoms with Crippen LogP contribution in [-0.4, -0.2) is 29.7 Å². The van der Waals surface area contributed by atoms with E-state index in [9.17, 15) is 13.2 Å². The largest absolute Gasteiger partial charge is 0.364 e. The van der Waals surface area contributed by atoms with E-state index in [1.54, 1.807) is 7.05 Å².